The number of anilines is 1. The molecule has 1 aliphatic carbocycles. The maximum absolute atomic E-state index is 15.2. The Balaban J connectivity index is 1.62. The van der Waals surface area contributed by atoms with Gasteiger partial charge in [-0.25, -0.2) is 12.8 Å². The number of halogens is 1. The zero-order valence-corrected chi connectivity index (χ0v) is 27.9. The number of hydrogen-bond acceptors (Lipinski definition) is 6. The lowest BCUT2D eigenvalue weighted by Crippen LogP contribution is -2.54. The molecular formula is C37H40FN3O6S. The number of rotatable bonds is 14. The van der Waals surface area contributed by atoms with Crippen molar-refractivity contribution in [3.05, 3.63) is 120 Å². The summed E-state index contributed by atoms with van der Waals surface area (Å²) in [6.45, 7) is -0.979. The SMILES string of the molecule is COc1ccc(OC)c(N(CC(=O)N(Cc2ccccc2F)C(Cc2ccccc2)C(=O)NC2CCCC2)S(=O)(=O)c2ccccc2)c1. The Kier molecular flexibility index (Phi) is 11.3. The van der Waals surface area contributed by atoms with Gasteiger partial charge >= 0.3 is 0 Å². The fourth-order valence-electron chi connectivity index (χ4n) is 5.96. The van der Waals surface area contributed by atoms with Crippen LogP contribution in [0.3, 0.4) is 0 Å². The van der Waals surface area contributed by atoms with Gasteiger partial charge in [0.15, 0.2) is 0 Å². The summed E-state index contributed by atoms with van der Waals surface area (Å²) < 4.78 is 55.7. The second kappa shape index (κ2) is 15.8. The molecule has 5 rings (SSSR count). The van der Waals surface area contributed by atoms with Crippen molar-refractivity contribution in [1.29, 1.82) is 0 Å². The number of amides is 2. The molecule has 0 radical (unpaired) electrons. The van der Waals surface area contributed by atoms with Crippen LogP contribution < -0.4 is 19.1 Å². The summed E-state index contributed by atoms with van der Waals surface area (Å²) in [7, 11) is -1.53. The Morgan fingerprint density at radius 3 is 2.17 bits per heavy atom. The maximum atomic E-state index is 15.2. The lowest BCUT2D eigenvalue weighted by atomic mass is 10.0. The van der Waals surface area contributed by atoms with Crippen molar-refractivity contribution < 1.29 is 31.9 Å². The van der Waals surface area contributed by atoms with Crippen LogP contribution in [0.1, 0.15) is 36.8 Å². The summed E-state index contributed by atoms with van der Waals surface area (Å²) in [5, 5.41) is 3.11. The van der Waals surface area contributed by atoms with E-state index in [0.29, 0.717) is 5.75 Å². The number of ether oxygens (including phenoxy) is 2. The van der Waals surface area contributed by atoms with E-state index in [-0.39, 0.29) is 46.8 Å². The quantitative estimate of drug-likeness (QED) is 0.183. The topological polar surface area (TPSA) is 105 Å². The van der Waals surface area contributed by atoms with Gasteiger partial charge in [-0.05, 0) is 48.7 Å². The van der Waals surface area contributed by atoms with Crippen LogP contribution >= 0.6 is 0 Å². The van der Waals surface area contributed by atoms with Gasteiger partial charge in [-0.3, -0.25) is 13.9 Å². The molecule has 1 fully saturated rings. The maximum Gasteiger partial charge on any atom is 0.264 e. The van der Waals surface area contributed by atoms with E-state index >= 15 is 4.39 Å². The predicted octanol–water partition coefficient (Wildman–Crippen LogP) is 5.74. The average molecular weight is 674 g/mol. The minimum atomic E-state index is -4.37. The number of nitrogens with zero attached hydrogens (tertiary/aromatic N) is 2. The second-order valence-corrected chi connectivity index (χ2v) is 13.5. The number of sulfonamides is 1. The zero-order chi connectivity index (χ0) is 34.1. The van der Waals surface area contributed by atoms with Crippen molar-refractivity contribution in [3.63, 3.8) is 0 Å². The van der Waals surface area contributed by atoms with E-state index in [2.05, 4.69) is 5.32 Å². The summed E-state index contributed by atoms with van der Waals surface area (Å²) >= 11 is 0. The van der Waals surface area contributed by atoms with Gasteiger partial charge in [0.1, 0.15) is 29.9 Å². The number of nitrogens with one attached hydrogen (secondary N) is 1. The third kappa shape index (κ3) is 8.14. The van der Waals surface area contributed by atoms with Crippen molar-refractivity contribution in [2.45, 2.75) is 55.6 Å². The standard InChI is InChI=1S/C37H40FN3O6S/c1-46-30-21-22-35(47-2)33(24-30)41(48(44,45)31-18-7-4-8-19-31)26-36(42)40(25-28-15-9-12-20-32(28)38)34(23-27-13-5-3-6-14-27)37(43)39-29-16-10-11-17-29/h3-9,12-15,18-22,24,29,34H,10-11,16-17,23,25-26H2,1-2H3,(H,39,43). The van der Waals surface area contributed by atoms with Crippen LogP contribution in [-0.4, -0.2) is 58.0 Å². The molecule has 9 nitrogen and oxygen atoms in total. The molecule has 0 aliphatic heterocycles. The number of benzene rings is 4. The van der Waals surface area contributed by atoms with Crippen molar-refractivity contribution >= 4 is 27.5 Å². The van der Waals surface area contributed by atoms with E-state index in [0.717, 1.165) is 35.6 Å². The molecule has 0 aromatic heterocycles. The fraction of sp³-hybridized carbons (Fsp3) is 0.297. The molecule has 0 spiro atoms. The third-order valence-electron chi connectivity index (χ3n) is 8.54. The summed E-state index contributed by atoms with van der Waals surface area (Å²) in [5.41, 5.74) is 1.04. The van der Waals surface area contributed by atoms with Crippen molar-refractivity contribution in [1.82, 2.24) is 10.2 Å². The van der Waals surface area contributed by atoms with Gasteiger partial charge in [-0.15, -0.1) is 0 Å². The molecular weight excluding hydrogens is 633 g/mol. The van der Waals surface area contributed by atoms with Crippen LogP contribution in [0.5, 0.6) is 11.5 Å². The lowest BCUT2D eigenvalue weighted by molar-refractivity contribution is -0.140. The van der Waals surface area contributed by atoms with Gasteiger partial charge in [0.2, 0.25) is 11.8 Å². The molecule has 1 atom stereocenters. The Hall–Kier alpha value is -4.90. The highest BCUT2D eigenvalue weighted by Crippen LogP contribution is 2.36. The first kappa shape index (κ1) is 34.4. The van der Waals surface area contributed by atoms with Crippen LogP contribution in [-0.2, 0) is 32.6 Å². The number of carbonyl (C=O) groups is 2. The van der Waals surface area contributed by atoms with E-state index in [1.165, 1.54) is 43.4 Å². The van der Waals surface area contributed by atoms with Crippen LogP contribution in [0.4, 0.5) is 10.1 Å². The van der Waals surface area contributed by atoms with E-state index in [1.54, 1.807) is 48.5 Å². The monoisotopic (exact) mass is 673 g/mol. The lowest BCUT2D eigenvalue weighted by Gasteiger charge is -2.34. The normalized spacial score (nSPS) is 13.8. The van der Waals surface area contributed by atoms with Crippen LogP contribution in [0.25, 0.3) is 0 Å². The molecule has 4 aromatic carbocycles. The molecule has 0 saturated heterocycles. The average Bonchev–Trinajstić information content (AvgIpc) is 3.63. The van der Waals surface area contributed by atoms with Gasteiger partial charge < -0.3 is 19.7 Å². The number of carbonyl (C=O) groups excluding carboxylic acids is 2. The Bertz CT molecular complexity index is 1800. The smallest absolute Gasteiger partial charge is 0.264 e. The highest BCUT2D eigenvalue weighted by molar-refractivity contribution is 7.92. The van der Waals surface area contributed by atoms with E-state index in [1.807, 2.05) is 30.3 Å². The molecule has 1 saturated carbocycles. The van der Waals surface area contributed by atoms with E-state index in [9.17, 15) is 18.0 Å². The second-order valence-electron chi connectivity index (χ2n) is 11.7. The molecule has 0 heterocycles. The summed E-state index contributed by atoms with van der Waals surface area (Å²) in [6.07, 6.45) is 3.75. The van der Waals surface area contributed by atoms with Gasteiger partial charge in [-0.2, -0.15) is 0 Å². The minimum absolute atomic E-state index is 0.0443. The van der Waals surface area contributed by atoms with Gasteiger partial charge in [0.05, 0.1) is 24.8 Å². The summed E-state index contributed by atoms with van der Waals surface area (Å²) in [6, 6.07) is 26.5. The van der Waals surface area contributed by atoms with Crippen LogP contribution in [0, 0.1) is 5.82 Å². The Labute approximate surface area is 281 Å². The molecule has 2 amide bonds. The number of hydrogen-bond donors (Lipinski definition) is 1. The van der Waals surface area contributed by atoms with E-state index < -0.39 is 34.3 Å². The zero-order valence-electron chi connectivity index (χ0n) is 27.0. The first-order valence-electron chi connectivity index (χ1n) is 15.9. The van der Waals surface area contributed by atoms with E-state index in [4.69, 9.17) is 9.47 Å². The molecule has 11 heteroatoms. The third-order valence-corrected chi connectivity index (χ3v) is 10.3. The minimum Gasteiger partial charge on any atom is -0.497 e. The largest absolute Gasteiger partial charge is 0.497 e. The molecule has 4 aromatic rings. The molecule has 1 aliphatic rings. The predicted molar refractivity (Wildman–Crippen MR) is 182 cm³/mol. The summed E-state index contributed by atoms with van der Waals surface area (Å²) in [4.78, 5) is 30.0. The van der Waals surface area contributed by atoms with Gasteiger partial charge in [-0.1, -0.05) is 79.6 Å². The van der Waals surface area contributed by atoms with Gasteiger partial charge in [0, 0.05) is 30.6 Å². The van der Waals surface area contributed by atoms with Crippen molar-refractivity contribution in [3.8, 4) is 11.5 Å². The molecule has 1 unspecified atom stereocenters. The molecule has 252 valence electrons. The molecule has 0 bridgehead atoms. The highest BCUT2D eigenvalue weighted by atomic mass is 32.2. The highest BCUT2D eigenvalue weighted by Gasteiger charge is 2.36. The van der Waals surface area contributed by atoms with Crippen LogP contribution in [0.2, 0.25) is 0 Å². The Morgan fingerprint density at radius 1 is 0.875 bits per heavy atom. The number of methoxy groups -OCH3 is 2. The summed E-state index contributed by atoms with van der Waals surface area (Å²) in [5.74, 6) is -1.11. The Morgan fingerprint density at radius 2 is 1.52 bits per heavy atom. The van der Waals surface area contributed by atoms with Crippen molar-refractivity contribution in [2.75, 3.05) is 25.1 Å². The molecule has 1 N–H and O–H groups in total. The first-order chi connectivity index (χ1) is 23.2. The fourth-order valence-corrected chi connectivity index (χ4v) is 7.39. The van der Waals surface area contributed by atoms with Crippen molar-refractivity contribution in [2.24, 2.45) is 0 Å². The first-order valence-corrected chi connectivity index (χ1v) is 17.3. The van der Waals surface area contributed by atoms with Crippen LogP contribution in [0.15, 0.2) is 108 Å². The molecule has 48 heavy (non-hydrogen) atoms. The van der Waals surface area contributed by atoms with Gasteiger partial charge in [0.25, 0.3) is 10.0 Å².